The zero-order valence-corrected chi connectivity index (χ0v) is 16.0. The van der Waals surface area contributed by atoms with Gasteiger partial charge in [-0.15, -0.1) is 0 Å². The number of piperazine rings is 1. The number of hydrogen-bond donors (Lipinski definition) is 0. The molecule has 0 aliphatic carbocycles. The first-order valence-corrected chi connectivity index (χ1v) is 10.3. The average Bonchev–Trinajstić information content (AvgIpc) is 2.61. The first-order chi connectivity index (χ1) is 11.9. The highest BCUT2D eigenvalue weighted by molar-refractivity contribution is 7.89. The predicted molar refractivity (Wildman–Crippen MR) is 103 cm³/mol. The molecule has 1 fully saturated rings. The molecule has 0 N–H and O–H groups in total. The molecule has 3 rings (SSSR count). The Morgan fingerprint density at radius 1 is 0.960 bits per heavy atom. The second-order valence-electron chi connectivity index (χ2n) is 6.64. The van der Waals surface area contributed by atoms with Crippen molar-refractivity contribution in [1.29, 1.82) is 0 Å². The van der Waals surface area contributed by atoms with E-state index in [2.05, 4.69) is 30.0 Å². The van der Waals surface area contributed by atoms with Gasteiger partial charge in [-0.25, -0.2) is 8.42 Å². The molecule has 0 atom stereocenters. The number of sulfonamides is 1. The molecule has 0 saturated carbocycles. The maximum atomic E-state index is 13.0. The highest BCUT2D eigenvalue weighted by Gasteiger charge is 2.30. The Morgan fingerprint density at radius 3 is 2.28 bits per heavy atom. The molecule has 2 aromatic carbocycles. The molecular formula is C20H26N2O2S. The van der Waals surface area contributed by atoms with Crippen LogP contribution < -0.4 is 4.90 Å². The van der Waals surface area contributed by atoms with Crippen LogP contribution >= 0.6 is 0 Å². The van der Waals surface area contributed by atoms with Gasteiger partial charge >= 0.3 is 0 Å². The molecule has 2 aromatic rings. The van der Waals surface area contributed by atoms with Gasteiger partial charge in [-0.2, -0.15) is 4.31 Å². The van der Waals surface area contributed by atoms with Crippen LogP contribution in [0.1, 0.15) is 23.6 Å². The van der Waals surface area contributed by atoms with Gasteiger partial charge in [-0.05, 0) is 43.5 Å². The van der Waals surface area contributed by atoms with E-state index >= 15 is 0 Å². The fourth-order valence-electron chi connectivity index (χ4n) is 3.52. The lowest BCUT2D eigenvalue weighted by Crippen LogP contribution is -2.49. The first-order valence-electron chi connectivity index (χ1n) is 8.83. The van der Waals surface area contributed by atoms with Gasteiger partial charge in [0.05, 0.1) is 4.90 Å². The topological polar surface area (TPSA) is 40.6 Å². The van der Waals surface area contributed by atoms with Crippen LogP contribution in [0, 0.1) is 13.8 Å². The zero-order chi connectivity index (χ0) is 18.0. The summed E-state index contributed by atoms with van der Waals surface area (Å²) in [6.07, 6.45) is 0.983. The van der Waals surface area contributed by atoms with E-state index in [-0.39, 0.29) is 0 Å². The van der Waals surface area contributed by atoms with Gasteiger partial charge < -0.3 is 4.90 Å². The second kappa shape index (κ2) is 7.18. The summed E-state index contributed by atoms with van der Waals surface area (Å²) >= 11 is 0. The van der Waals surface area contributed by atoms with Gasteiger partial charge in [0, 0.05) is 31.9 Å². The molecule has 0 radical (unpaired) electrons. The lowest BCUT2D eigenvalue weighted by Gasteiger charge is -2.36. The molecule has 1 aliphatic heterocycles. The van der Waals surface area contributed by atoms with Crippen LogP contribution in [0.4, 0.5) is 5.69 Å². The Kier molecular flexibility index (Phi) is 5.16. The summed E-state index contributed by atoms with van der Waals surface area (Å²) in [4.78, 5) is 2.73. The van der Waals surface area contributed by atoms with Crippen molar-refractivity contribution in [2.75, 3.05) is 31.1 Å². The van der Waals surface area contributed by atoms with Crippen LogP contribution in [0.5, 0.6) is 0 Å². The quantitative estimate of drug-likeness (QED) is 0.841. The molecule has 5 heteroatoms. The summed E-state index contributed by atoms with van der Waals surface area (Å²) < 4.78 is 27.6. The molecule has 1 heterocycles. The Balaban J connectivity index is 1.77. The molecule has 0 bridgehead atoms. The van der Waals surface area contributed by atoms with Crippen molar-refractivity contribution in [2.24, 2.45) is 0 Å². The fraction of sp³-hybridized carbons (Fsp3) is 0.400. The molecule has 25 heavy (non-hydrogen) atoms. The second-order valence-corrected chi connectivity index (χ2v) is 8.55. The van der Waals surface area contributed by atoms with E-state index in [1.807, 2.05) is 32.0 Å². The monoisotopic (exact) mass is 358 g/mol. The van der Waals surface area contributed by atoms with Gasteiger partial charge in [-0.3, -0.25) is 0 Å². The van der Waals surface area contributed by atoms with Gasteiger partial charge in [0.2, 0.25) is 10.0 Å². The van der Waals surface area contributed by atoms with Crippen molar-refractivity contribution in [2.45, 2.75) is 32.1 Å². The number of benzene rings is 2. The minimum atomic E-state index is -3.42. The number of aryl methyl sites for hydroxylation is 3. The number of anilines is 1. The van der Waals surface area contributed by atoms with Crippen LogP contribution in [0.3, 0.4) is 0 Å². The van der Waals surface area contributed by atoms with E-state index in [0.29, 0.717) is 18.0 Å². The predicted octanol–water partition coefficient (Wildman–Crippen LogP) is 3.38. The van der Waals surface area contributed by atoms with E-state index in [1.165, 1.54) is 11.3 Å². The summed E-state index contributed by atoms with van der Waals surface area (Å²) in [6.45, 7) is 8.49. The molecule has 1 aliphatic rings. The van der Waals surface area contributed by atoms with Crippen molar-refractivity contribution in [3.8, 4) is 0 Å². The number of rotatable bonds is 4. The van der Waals surface area contributed by atoms with Crippen molar-refractivity contribution < 1.29 is 8.42 Å². The Hall–Kier alpha value is -1.85. The molecule has 134 valence electrons. The Labute approximate surface area is 151 Å². The highest BCUT2D eigenvalue weighted by Crippen LogP contribution is 2.26. The highest BCUT2D eigenvalue weighted by atomic mass is 32.2. The van der Waals surface area contributed by atoms with Crippen LogP contribution in [-0.4, -0.2) is 38.9 Å². The van der Waals surface area contributed by atoms with E-state index < -0.39 is 10.0 Å². The van der Waals surface area contributed by atoms with Gasteiger partial charge in [0.1, 0.15) is 0 Å². The zero-order valence-electron chi connectivity index (χ0n) is 15.2. The summed E-state index contributed by atoms with van der Waals surface area (Å²) in [5, 5.41) is 0. The van der Waals surface area contributed by atoms with Gasteiger partial charge in [0.25, 0.3) is 0 Å². The van der Waals surface area contributed by atoms with Crippen LogP contribution in [0.15, 0.2) is 47.4 Å². The standard InChI is InChI=1S/C20H26N2O2S/c1-4-18-7-5-6-8-19(18)21-11-13-22(14-12-21)25(23,24)20-10-9-16(2)15-17(20)3/h5-10,15H,4,11-14H2,1-3H3. The third kappa shape index (κ3) is 3.58. The summed E-state index contributed by atoms with van der Waals surface area (Å²) in [6, 6.07) is 13.9. The van der Waals surface area contributed by atoms with E-state index in [4.69, 9.17) is 0 Å². The van der Waals surface area contributed by atoms with Crippen molar-refractivity contribution in [3.63, 3.8) is 0 Å². The van der Waals surface area contributed by atoms with Crippen LogP contribution in [0.25, 0.3) is 0 Å². The van der Waals surface area contributed by atoms with Crippen molar-refractivity contribution in [1.82, 2.24) is 4.31 Å². The smallest absolute Gasteiger partial charge is 0.243 e. The first kappa shape index (κ1) is 18.0. The summed E-state index contributed by atoms with van der Waals surface area (Å²) in [5.74, 6) is 0. The molecule has 1 saturated heterocycles. The molecule has 0 unspecified atom stereocenters. The lowest BCUT2D eigenvalue weighted by atomic mass is 10.1. The third-order valence-electron chi connectivity index (χ3n) is 4.90. The Morgan fingerprint density at radius 2 is 1.64 bits per heavy atom. The molecule has 0 amide bonds. The van der Waals surface area contributed by atoms with Gasteiger partial charge in [0.15, 0.2) is 0 Å². The molecule has 0 aromatic heterocycles. The fourth-order valence-corrected chi connectivity index (χ4v) is 5.14. The maximum Gasteiger partial charge on any atom is 0.243 e. The van der Waals surface area contributed by atoms with Crippen molar-refractivity contribution >= 4 is 15.7 Å². The largest absolute Gasteiger partial charge is 0.369 e. The molecule has 4 nitrogen and oxygen atoms in total. The van der Waals surface area contributed by atoms with Crippen LogP contribution in [-0.2, 0) is 16.4 Å². The normalized spacial score (nSPS) is 16.2. The molecule has 0 spiro atoms. The SMILES string of the molecule is CCc1ccccc1N1CCN(S(=O)(=O)c2ccc(C)cc2C)CC1. The van der Waals surface area contributed by atoms with Crippen molar-refractivity contribution in [3.05, 3.63) is 59.2 Å². The average molecular weight is 359 g/mol. The third-order valence-corrected chi connectivity index (χ3v) is 6.96. The minimum absolute atomic E-state index is 0.431. The van der Waals surface area contributed by atoms with E-state index in [9.17, 15) is 8.42 Å². The summed E-state index contributed by atoms with van der Waals surface area (Å²) in [7, 11) is -3.42. The van der Waals surface area contributed by atoms with E-state index in [0.717, 1.165) is 30.6 Å². The number of nitrogens with zero attached hydrogens (tertiary/aromatic N) is 2. The number of hydrogen-bond acceptors (Lipinski definition) is 3. The number of para-hydroxylation sites is 1. The molecular weight excluding hydrogens is 332 g/mol. The Bertz CT molecular complexity index is 854. The van der Waals surface area contributed by atoms with Crippen LogP contribution in [0.2, 0.25) is 0 Å². The van der Waals surface area contributed by atoms with E-state index in [1.54, 1.807) is 10.4 Å². The maximum absolute atomic E-state index is 13.0. The minimum Gasteiger partial charge on any atom is -0.369 e. The lowest BCUT2D eigenvalue weighted by molar-refractivity contribution is 0.384. The van der Waals surface area contributed by atoms with Gasteiger partial charge in [-0.1, -0.05) is 42.8 Å². The summed E-state index contributed by atoms with van der Waals surface area (Å²) in [5.41, 5.74) is 4.44.